The second-order valence-corrected chi connectivity index (χ2v) is 9.35. The number of anilines is 1. The van der Waals surface area contributed by atoms with E-state index in [1.54, 1.807) is 92.1 Å². The summed E-state index contributed by atoms with van der Waals surface area (Å²) in [6.45, 7) is 0. The fourth-order valence-corrected chi connectivity index (χ4v) is 3.86. The zero-order valence-corrected chi connectivity index (χ0v) is 22.6. The largest absolute Gasteiger partial charge is 0.497 e. The van der Waals surface area contributed by atoms with Gasteiger partial charge in [-0.2, -0.15) is 0 Å². The third-order valence-electron chi connectivity index (χ3n) is 5.66. The molecule has 2 N–H and O–H groups in total. The van der Waals surface area contributed by atoms with Gasteiger partial charge in [-0.3, -0.25) is 14.4 Å². The molecule has 0 radical (unpaired) electrons. The predicted octanol–water partition coefficient (Wildman–Crippen LogP) is 6.76. The molecule has 6 nitrogen and oxygen atoms in total. The molecule has 0 aliphatic rings. The van der Waals surface area contributed by atoms with Gasteiger partial charge >= 0.3 is 0 Å². The number of ketones is 1. The number of carbonyl (C=O) groups is 3. The van der Waals surface area contributed by atoms with E-state index in [-0.39, 0.29) is 11.5 Å². The van der Waals surface area contributed by atoms with E-state index < -0.39 is 11.8 Å². The Morgan fingerprint density at radius 2 is 1.49 bits per heavy atom. The first-order valence-electron chi connectivity index (χ1n) is 12.0. The van der Waals surface area contributed by atoms with Crippen molar-refractivity contribution in [2.75, 3.05) is 12.4 Å². The Labute approximate surface area is 235 Å². The SMILES string of the molecule is COc1cccc(/C=C(\NC(=O)c2ccccc2)C(=O)Nc2ccc(C(=O)/C=C/c3ccc(Br)cc3)cc2)c1. The average Bonchev–Trinajstić information content (AvgIpc) is 2.97. The predicted molar refractivity (Wildman–Crippen MR) is 157 cm³/mol. The maximum Gasteiger partial charge on any atom is 0.272 e. The van der Waals surface area contributed by atoms with E-state index in [1.165, 1.54) is 6.08 Å². The third-order valence-corrected chi connectivity index (χ3v) is 6.19. The van der Waals surface area contributed by atoms with Crippen molar-refractivity contribution in [3.05, 3.63) is 142 Å². The van der Waals surface area contributed by atoms with Crippen molar-refractivity contribution < 1.29 is 19.1 Å². The van der Waals surface area contributed by atoms with Crippen molar-refractivity contribution in [3.63, 3.8) is 0 Å². The molecule has 0 aliphatic heterocycles. The number of carbonyl (C=O) groups excluding carboxylic acids is 3. The lowest BCUT2D eigenvalue weighted by Gasteiger charge is -2.12. The van der Waals surface area contributed by atoms with Crippen LogP contribution in [0.3, 0.4) is 0 Å². The minimum Gasteiger partial charge on any atom is -0.497 e. The van der Waals surface area contributed by atoms with Crippen LogP contribution in [-0.4, -0.2) is 24.7 Å². The summed E-state index contributed by atoms with van der Waals surface area (Å²) in [4.78, 5) is 38.6. The summed E-state index contributed by atoms with van der Waals surface area (Å²) < 4.78 is 6.23. The molecule has 2 amide bonds. The highest BCUT2D eigenvalue weighted by atomic mass is 79.9. The van der Waals surface area contributed by atoms with Crippen LogP contribution in [0.25, 0.3) is 12.2 Å². The Morgan fingerprint density at radius 3 is 2.18 bits per heavy atom. The normalized spacial score (nSPS) is 11.2. The molecule has 4 aromatic carbocycles. The average molecular weight is 581 g/mol. The molecule has 0 aliphatic carbocycles. The van der Waals surface area contributed by atoms with Crippen molar-refractivity contribution in [2.24, 2.45) is 0 Å². The number of amides is 2. The van der Waals surface area contributed by atoms with Gasteiger partial charge in [-0.15, -0.1) is 0 Å². The number of benzene rings is 4. The zero-order valence-electron chi connectivity index (χ0n) is 21.1. The summed E-state index contributed by atoms with van der Waals surface area (Å²) in [5.74, 6) is -0.480. The zero-order chi connectivity index (χ0) is 27.6. The summed E-state index contributed by atoms with van der Waals surface area (Å²) in [5.41, 5.74) is 3.00. The molecular weight excluding hydrogens is 556 g/mol. The van der Waals surface area contributed by atoms with Gasteiger partial charge in [0.15, 0.2) is 5.78 Å². The van der Waals surface area contributed by atoms with Gasteiger partial charge in [0.05, 0.1) is 7.11 Å². The molecule has 0 saturated carbocycles. The van der Waals surface area contributed by atoms with Gasteiger partial charge in [0.1, 0.15) is 11.4 Å². The molecule has 4 rings (SSSR count). The molecule has 4 aromatic rings. The lowest BCUT2D eigenvalue weighted by atomic mass is 10.1. The van der Waals surface area contributed by atoms with Crippen LogP contribution in [0.4, 0.5) is 5.69 Å². The molecule has 0 bridgehead atoms. The van der Waals surface area contributed by atoms with E-state index in [0.717, 1.165) is 10.0 Å². The lowest BCUT2D eigenvalue weighted by Crippen LogP contribution is -2.30. The molecular formula is C32H25BrN2O4. The van der Waals surface area contributed by atoms with E-state index in [9.17, 15) is 14.4 Å². The topological polar surface area (TPSA) is 84.5 Å². The summed E-state index contributed by atoms with van der Waals surface area (Å²) in [6, 6.07) is 29.9. The highest BCUT2D eigenvalue weighted by Crippen LogP contribution is 2.17. The van der Waals surface area contributed by atoms with Gasteiger partial charge in [0.2, 0.25) is 0 Å². The molecule has 0 atom stereocenters. The molecule has 39 heavy (non-hydrogen) atoms. The molecule has 0 saturated heterocycles. The minimum atomic E-state index is -0.517. The van der Waals surface area contributed by atoms with Crippen molar-refractivity contribution >= 4 is 51.4 Å². The van der Waals surface area contributed by atoms with Crippen LogP contribution in [-0.2, 0) is 4.79 Å². The smallest absolute Gasteiger partial charge is 0.272 e. The van der Waals surface area contributed by atoms with Crippen LogP contribution >= 0.6 is 15.9 Å². The van der Waals surface area contributed by atoms with Crippen LogP contribution in [0.1, 0.15) is 31.8 Å². The number of halogens is 1. The van der Waals surface area contributed by atoms with Crippen molar-refractivity contribution in [3.8, 4) is 5.75 Å². The highest BCUT2D eigenvalue weighted by molar-refractivity contribution is 9.10. The Morgan fingerprint density at radius 1 is 0.769 bits per heavy atom. The van der Waals surface area contributed by atoms with Crippen molar-refractivity contribution in [1.29, 1.82) is 0 Å². The Kier molecular flexibility index (Phi) is 9.21. The Bertz CT molecular complexity index is 1530. The maximum absolute atomic E-state index is 13.2. The quantitative estimate of drug-likeness (QED) is 0.169. The molecule has 0 heterocycles. The number of nitrogens with one attached hydrogen (secondary N) is 2. The molecule has 0 spiro atoms. The summed E-state index contributed by atoms with van der Waals surface area (Å²) >= 11 is 3.39. The van der Waals surface area contributed by atoms with Gasteiger partial charge in [0, 0.05) is 21.3 Å². The summed E-state index contributed by atoms with van der Waals surface area (Å²) in [7, 11) is 1.55. The van der Waals surface area contributed by atoms with E-state index in [2.05, 4.69) is 26.6 Å². The number of rotatable bonds is 9. The fraction of sp³-hybridized carbons (Fsp3) is 0.0312. The van der Waals surface area contributed by atoms with Crippen molar-refractivity contribution in [1.82, 2.24) is 5.32 Å². The Hall–Kier alpha value is -4.75. The van der Waals surface area contributed by atoms with E-state index in [1.807, 2.05) is 30.3 Å². The summed E-state index contributed by atoms with van der Waals surface area (Å²) in [5, 5.41) is 5.50. The van der Waals surface area contributed by atoms with Crippen molar-refractivity contribution in [2.45, 2.75) is 0 Å². The molecule has 0 fully saturated rings. The first-order valence-corrected chi connectivity index (χ1v) is 12.8. The number of hydrogen-bond acceptors (Lipinski definition) is 4. The van der Waals surface area contributed by atoms with Crippen LogP contribution in [0, 0.1) is 0 Å². The number of methoxy groups -OCH3 is 1. The van der Waals surface area contributed by atoms with Gasteiger partial charge in [0.25, 0.3) is 11.8 Å². The first-order chi connectivity index (χ1) is 18.9. The lowest BCUT2D eigenvalue weighted by molar-refractivity contribution is -0.113. The standard InChI is InChI=1S/C32H25BrN2O4/c1-39-28-9-5-6-23(20-28)21-29(35-31(37)25-7-3-2-4-8-25)32(38)34-27-17-13-24(14-18-27)30(36)19-12-22-10-15-26(33)16-11-22/h2-21H,1H3,(H,34,38)(H,35,37)/b19-12+,29-21-. The first kappa shape index (κ1) is 27.3. The fourth-order valence-electron chi connectivity index (χ4n) is 3.60. The second kappa shape index (κ2) is 13.2. The van der Waals surface area contributed by atoms with Crippen LogP contribution in [0.15, 0.2) is 119 Å². The van der Waals surface area contributed by atoms with Crippen LogP contribution in [0.2, 0.25) is 0 Å². The highest BCUT2D eigenvalue weighted by Gasteiger charge is 2.15. The monoisotopic (exact) mass is 580 g/mol. The molecule has 194 valence electrons. The van der Waals surface area contributed by atoms with Crippen LogP contribution in [0.5, 0.6) is 5.75 Å². The summed E-state index contributed by atoms with van der Waals surface area (Å²) in [6.07, 6.45) is 4.82. The molecule has 0 unspecified atom stereocenters. The number of hydrogen-bond donors (Lipinski definition) is 2. The maximum atomic E-state index is 13.2. The van der Waals surface area contributed by atoms with Crippen LogP contribution < -0.4 is 15.4 Å². The van der Waals surface area contributed by atoms with Gasteiger partial charge in [-0.05, 0) is 83.9 Å². The van der Waals surface area contributed by atoms with Gasteiger partial charge in [-0.25, -0.2) is 0 Å². The van der Waals surface area contributed by atoms with E-state index in [0.29, 0.717) is 28.1 Å². The second-order valence-electron chi connectivity index (χ2n) is 8.44. The molecule has 0 aromatic heterocycles. The van der Waals surface area contributed by atoms with E-state index in [4.69, 9.17) is 4.74 Å². The van der Waals surface area contributed by atoms with E-state index >= 15 is 0 Å². The molecule has 7 heteroatoms. The number of ether oxygens (including phenoxy) is 1. The van der Waals surface area contributed by atoms with Gasteiger partial charge < -0.3 is 15.4 Å². The third kappa shape index (κ3) is 7.87. The Balaban J connectivity index is 1.50. The minimum absolute atomic E-state index is 0.0506. The number of allylic oxidation sites excluding steroid dienone is 1. The van der Waals surface area contributed by atoms with Gasteiger partial charge in [-0.1, -0.05) is 64.5 Å².